The summed E-state index contributed by atoms with van der Waals surface area (Å²) in [5.74, 6) is 0.0485. The number of hydrogen-bond donors (Lipinski definition) is 0. The van der Waals surface area contributed by atoms with Gasteiger partial charge in [-0.15, -0.1) is 0 Å². The summed E-state index contributed by atoms with van der Waals surface area (Å²) in [5.41, 5.74) is 3.07. The Balaban J connectivity index is 0.000000153. The van der Waals surface area contributed by atoms with Crippen LogP contribution in [0.15, 0.2) is 54.0 Å². The van der Waals surface area contributed by atoms with Crippen LogP contribution in [-0.2, 0) is 13.7 Å². The van der Waals surface area contributed by atoms with Crippen LogP contribution in [0.1, 0.15) is 5.56 Å². The van der Waals surface area contributed by atoms with Gasteiger partial charge in [0.1, 0.15) is 11.4 Å². The fourth-order valence-corrected chi connectivity index (χ4v) is 5.38. The summed E-state index contributed by atoms with van der Waals surface area (Å²) in [7, 11) is -0.946. The summed E-state index contributed by atoms with van der Waals surface area (Å²) in [5, 5.41) is 1.25. The van der Waals surface area contributed by atoms with E-state index < -0.39 is 8.32 Å². The van der Waals surface area contributed by atoms with Crippen molar-refractivity contribution in [3.05, 3.63) is 59.6 Å². The minimum absolute atomic E-state index is 0.00546. The zero-order chi connectivity index (χ0) is 22.2. The Kier molecular flexibility index (Phi) is 6.05. The number of carbonyl (C=O) groups excluding carboxylic acids is 2. The normalized spacial score (nSPS) is 19.7. The molecule has 6 nitrogen and oxygen atoms in total. The third-order valence-electron chi connectivity index (χ3n) is 5.14. The van der Waals surface area contributed by atoms with Crippen LogP contribution in [0.3, 0.4) is 0 Å². The molecular weight excluding hydrogens is 422 g/mol. The Bertz CT molecular complexity index is 969. The first kappa shape index (κ1) is 21.8. The number of carbonyl (C=O) groups is 2. The van der Waals surface area contributed by atoms with E-state index in [4.69, 9.17) is 4.12 Å². The Labute approximate surface area is 187 Å². The van der Waals surface area contributed by atoms with Gasteiger partial charge >= 0.3 is 0 Å². The Morgan fingerprint density at radius 3 is 2.06 bits per heavy atom. The lowest BCUT2D eigenvalue weighted by molar-refractivity contribution is -0.117. The van der Waals surface area contributed by atoms with Gasteiger partial charge in [0.25, 0.3) is 9.76 Å². The SMILES string of the molecule is C=Cc1ccccc1[Si]O[Si](C)(C)C.O=C1C=C(N2CC2)C(=O)C(N2CC2)=C1N1CC1. The lowest BCUT2D eigenvalue weighted by Crippen LogP contribution is -2.33. The first-order chi connectivity index (χ1) is 14.8. The summed E-state index contributed by atoms with van der Waals surface area (Å²) in [4.78, 5) is 30.5. The van der Waals surface area contributed by atoms with Gasteiger partial charge in [-0.1, -0.05) is 36.9 Å². The number of hydrogen-bond acceptors (Lipinski definition) is 6. The van der Waals surface area contributed by atoms with Crippen LogP contribution >= 0.6 is 0 Å². The van der Waals surface area contributed by atoms with Gasteiger partial charge in [-0.3, -0.25) is 9.59 Å². The molecule has 1 aliphatic carbocycles. The molecule has 4 aliphatic rings. The molecule has 3 saturated heterocycles. The molecule has 0 aromatic heterocycles. The standard InChI is InChI=1S/C12H13N3O2.C11H16OSi2/c16-9-7-8(13-1-2-13)12(17)11(15-5-6-15)10(9)14-3-4-14;1-5-10-8-6-7-9-11(10)13-12-14(2,3)4/h7H,1-6H2;5-9H,1H2,2-4H3. The highest BCUT2D eigenvalue weighted by atomic mass is 28.4. The minimum atomic E-state index is -1.40. The molecule has 8 heteroatoms. The molecule has 0 atom stereocenters. The van der Waals surface area contributed by atoms with Gasteiger partial charge in [-0.05, 0) is 30.4 Å². The van der Waals surface area contributed by atoms with E-state index in [-0.39, 0.29) is 11.6 Å². The van der Waals surface area contributed by atoms with Gasteiger partial charge in [-0.25, -0.2) is 0 Å². The van der Waals surface area contributed by atoms with Crippen molar-refractivity contribution in [1.82, 2.24) is 14.7 Å². The molecule has 3 aliphatic heterocycles. The van der Waals surface area contributed by atoms with E-state index in [9.17, 15) is 9.59 Å². The van der Waals surface area contributed by atoms with E-state index in [0.29, 0.717) is 26.9 Å². The van der Waals surface area contributed by atoms with Gasteiger partial charge in [0.15, 0.2) is 8.32 Å². The van der Waals surface area contributed by atoms with Gasteiger partial charge in [0.05, 0.1) is 5.70 Å². The maximum absolute atomic E-state index is 12.4. The Morgan fingerprint density at radius 1 is 0.935 bits per heavy atom. The largest absolute Gasteiger partial charge is 0.453 e. The molecule has 2 radical (unpaired) electrons. The van der Waals surface area contributed by atoms with E-state index in [1.807, 2.05) is 32.9 Å². The molecule has 0 bridgehead atoms. The second-order valence-corrected chi connectivity index (χ2v) is 14.8. The fraction of sp³-hybridized carbons (Fsp3) is 0.391. The van der Waals surface area contributed by atoms with Gasteiger partial charge < -0.3 is 18.8 Å². The summed E-state index contributed by atoms with van der Waals surface area (Å²) in [6, 6.07) is 8.25. The summed E-state index contributed by atoms with van der Waals surface area (Å²) < 4.78 is 5.88. The van der Waals surface area contributed by atoms with Crippen molar-refractivity contribution in [2.75, 3.05) is 39.3 Å². The molecule has 5 rings (SSSR count). The van der Waals surface area contributed by atoms with Crippen LogP contribution in [0.4, 0.5) is 0 Å². The average Bonchev–Trinajstić information content (AvgIpc) is 3.55. The van der Waals surface area contributed by atoms with Crippen molar-refractivity contribution in [1.29, 1.82) is 0 Å². The summed E-state index contributed by atoms with van der Waals surface area (Å²) >= 11 is 0. The first-order valence-corrected chi connectivity index (χ1v) is 15.1. The number of nitrogens with zero attached hydrogens (tertiary/aromatic N) is 3. The molecule has 0 spiro atoms. The Hall–Kier alpha value is -2.43. The molecule has 3 heterocycles. The van der Waals surface area contributed by atoms with Crippen molar-refractivity contribution in [2.45, 2.75) is 19.6 Å². The second-order valence-electron chi connectivity index (χ2n) is 8.99. The third kappa shape index (κ3) is 5.44. The van der Waals surface area contributed by atoms with E-state index in [1.165, 1.54) is 16.8 Å². The van der Waals surface area contributed by atoms with Crippen LogP contribution in [0.25, 0.3) is 6.08 Å². The van der Waals surface area contributed by atoms with Crippen LogP contribution in [-0.4, -0.2) is 83.6 Å². The number of benzene rings is 1. The first-order valence-electron chi connectivity index (χ1n) is 10.7. The highest BCUT2D eigenvalue weighted by molar-refractivity contribution is 6.76. The summed E-state index contributed by atoms with van der Waals surface area (Å²) in [6.45, 7) is 15.8. The monoisotopic (exact) mass is 451 g/mol. The van der Waals surface area contributed by atoms with Crippen LogP contribution in [0, 0.1) is 0 Å². The minimum Gasteiger partial charge on any atom is -0.453 e. The predicted molar refractivity (Wildman–Crippen MR) is 126 cm³/mol. The maximum Gasteiger partial charge on any atom is 0.257 e. The molecule has 0 unspecified atom stereocenters. The fourth-order valence-electron chi connectivity index (χ4n) is 3.25. The highest BCUT2D eigenvalue weighted by Crippen LogP contribution is 2.33. The number of allylic oxidation sites excluding steroid dienone is 1. The molecular formula is C23H29N3O3Si2. The van der Waals surface area contributed by atoms with E-state index >= 15 is 0 Å². The lowest BCUT2D eigenvalue weighted by Gasteiger charge is -2.21. The van der Waals surface area contributed by atoms with Gasteiger partial charge in [0.2, 0.25) is 11.6 Å². The predicted octanol–water partition coefficient (Wildman–Crippen LogP) is 1.61. The second kappa shape index (κ2) is 8.60. The van der Waals surface area contributed by atoms with Crippen LogP contribution in [0.5, 0.6) is 0 Å². The van der Waals surface area contributed by atoms with E-state index in [1.54, 1.807) is 0 Å². The van der Waals surface area contributed by atoms with Crippen molar-refractivity contribution in [3.63, 3.8) is 0 Å². The average molecular weight is 452 g/mol. The van der Waals surface area contributed by atoms with Crippen molar-refractivity contribution in [3.8, 4) is 0 Å². The number of ketones is 2. The molecule has 162 valence electrons. The van der Waals surface area contributed by atoms with Crippen molar-refractivity contribution >= 4 is 40.9 Å². The highest BCUT2D eigenvalue weighted by Gasteiger charge is 2.43. The topological polar surface area (TPSA) is 52.4 Å². The van der Waals surface area contributed by atoms with Gasteiger partial charge in [-0.2, -0.15) is 0 Å². The summed E-state index contributed by atoms with van der Waals surface area (Å²) in [6.07, 6.45) is 3.41. The van der Waals surface area contributed by atoms with E-state index in [2.05, 4.69) is 38.4 Å². The van der Waals surface area contributed by atoms with Crippen molar-refractivity contribution < 1.29 is 13.7 Å². The smallest absolute Gasteiger partial charge is 0.257 e. The van der Waals surface area contributed by atoms with Crippen molar-refractivity contribution in [2.24, 2.45) is 0 Å². The zero-order valence-corrected chi connectivity index (χ0v) is 20.5. The lowest BCUT2D eigenvalue weighted by atomic mass is 10.0. The molecule has 3 fully saturated rings. The number of rotatable bonds is 7. The zero-order valence-electron chi connectivity index (χ0n) is 18.5. The molecule has 0 saturated carbocycles. The van der Waals surface area contributed by atoms with E-state index in [0.717, 1.165) is 39.3 Å². The maximum atomic E-state index is 12.4. The third-order valence-corrected chi connectivity index (χ3v) is 8.67. The molecule has 0 amide bonds. The molecule has 31 heavy (non-hydrogen) atoms. The molecule has 0 N–H and O–H groups in total. The van der Waals surface area contributed by atoms with Crippen LogP contribution < -0.4 is 5.19 Å². The Morgan fingerprint density at radius 2 is 1.52 bits per heavy atom. The number of Topliss-reactive ketones (excluding diaryl/α,β-unsaturated/α-hetero) is 1. The molecule has 1 aromatic rings. The van der Waals surface area contributed by atoms with Crippen LogP contribution in [0.2, 0.25) is 19.6 Å². The van der Waals surface area contributed by atoms with Gasteiger partial charge in [0, 0.05) is 45.3 Å². The molecule has 1 aromatic carbocycles. The quantitative estimate of drug-likeness (QED) is 0.357.